The van der Waals surface area contributed by atoms with Gasteiger partial charge in [-0.15, -0.1) is 0 Å². The van der Waals surface area contributed by atoms with Crippen molar-refractivity contribution in [2.45, 2.75) is 45.6 Å². The van der Waals surface area contributed by atoms with Gasteiger partial charge in [0.25, 0.3) is 0 Å². The van der Waals surface area contributed by atoms with E-state index in [1.807, 2.05) is 13.0 Å². The molecule has 0 spiro atoms. The molecule has 1 heterocycles. The van der Waals surface area contributed by atoms with Crippen molar-refractivity contribution in [3.05, 3.63) is 29.6 Å². The van der Waals surface area contributed by atoms with Gasteiger partial charge in [0.2, 0.25) is 0 Å². The molecule has 28 heavy (non-hydrogen) atoms. The Morgan fingerprint density at radius 2 is 2.14 bits per heavy atom. The molecule has 2 aliphatic rings. The predicted octanol–water partition coefficient (Wildman–Crippen LogP) is 3.57. The van der Waals surface area contributed by atoms with E-state index in [0.717, 1.165) is 31.2 Å². The molecule has 0 bridgehead atoms. The summed E-state index contributed by atoms with van der Waals surface area (Å²) in [6.07, 6.45) is 4.91. The van der Waals surface area contributed by atoms with Gasteiger partial charge in [0.05, 0.1) is 12.6 Å². The molecule has 2 atom stereocenters. The number of benzene rings is 1. The summed E-state index contributed by atoms with van der Waals surface area (Å²) in [5.74, 6) is 2.07. The van der Waals surface area contributed by atoms with Crippen LogP contribution in [0.4, 0.5) is 4.39 Å². The summed E-state index contributed by atoms with van der Waals surface area (Å²) in [4.78, 5) is 6.84. The number of guanidine groups is 1. The van der Waals surface area contributed by atoms with Crippen molar-refractivity contribution < 1.29 is 9.13 Å². The molecule has 2 unspecified atom stereocenters. The van der Waals surface area contributed by atoms with Crippen molar-refractivity contribution in [1.82, 2.24) is 15.5 Å². The zero-order valence-electron chi connectivity index (χ0n) is 17.5. The third-order valence-electron chi connectivity index (χ3n) is 5.81. The van der Waals surface area contributed by atoms with Crippen LogP contribution in [0.25, 0.3) is 0 Å². The lowest BCUT2D eigenvalue weighted by Crippen LogP contribution is -2.44. The first kappa shape index (κ1) is 20.9. The molecule has 2 fully saturated rings. The van der Waals surface area contributed by atoms with Crippen molar-refractivity contribution in [3.8, 4) is 5.75 Å². The Bertz CT molecular complexity index is 662. The SMILES string of the molecule is CCN1CCCC(CNC(=NC)NC(C)c2ccc(OCC3CC3)c(F)c2)C1. The van der Waals surface area contributed by atoms with E-state index < -0.39 is 0 Å². The van der Waals surface area contributed by atoms with Gasteiger partial charge >= 0.3 is 0 Å². The average Bonchev–Trinajstić information content (AvgIpc) is 3.54. The molecular weight excluding hydrogens is 355 g/mol. The van der Waals surface area contributed by atoms with Crippen molar-refractivity contribution in [3.63, 3.8) is 0 Å². The molecule has 1 saturated carbocycles. The molecule has 6 heteroatoms. The molecule has 3 rings (SSSR count). The second-order valence-corrected chi connectivity index (χ2v) is 8.16. The predicted molar refractivity (Wildman–Crippen MR) is 112 cm³/mol. The molecule has 1 aromatic carbocycles. The number of hydrogen-bond donors (Lipinski definition) is 2. The molecule has 156 valence electrons. The lowest BCUT2D eigenvalue weighted by atomic mass is 9.98. The fourth-order valence-electron chi connectivity index (χ4n) is 3.72. The summed E-state index contributed by atoms with van der Waals surface area (Å²) < 4.78 is 19.9. The van der Waals surface area contributed by atoms with Crippen LogP contribution in [0, 0.1) is 17.7 Å². The highest BCUT2D eigenvalue weighted by atomic mass is 19.1. The van der Waals surface area contributed by atoms with Gasteiger partial charge in [-0.25, -0.2) is 4.39 Å². The fraction of sp³-hybridized carbons (Fsp3) is 0.682. The van der Waals surface area contributed by atoms with Crippen LogP contribution in [0.15, 0.2) is 23.2 Å². The summed E-state index contributed by atoms with van der Waals surface area (Å²) in [5, 5.41) is 6.82. The number of nitrogens with zero attached hydrogens (tertiary/aromatic N) is 2. The van der Waals surface area contributed by atoms with Crippen molar-refractivity contribution in [2.24, 2.45) is 16.8 Å². The molecule has 0 radical (unpaired) electrons. The van der Waals surface area contributed by atoms with Crippen LogP contribution in [-0.4, -0.2) is 50.7 Å². The first-order valence-electron chi connectivity index (χ1n) is 10.7. The van der Waals surface area contributed by atoms with Gasteiger partial charge in [-0.3, -0.25) is 4.99 Å². The normalized spacial score (nSPS) is 22.0. The molecule has 2 N–H and O–H groups in total. The molecule has 5 nitrogen and oxygen atoms in total. The van der Waals surface area contributed by atoms with E-state index in [1.165, 1.54) is 32.2 Å². The Kier molecular flexibility index (Phi) is 7.54. The standard InChI is InChI=1S/C22H35FN4O/c1-4-27-11-5-6-18(14-27)13-25-22(24-3)26-16(2)19-9-10-21(20(23)12-19)28-15-17-7-8-17/h9-10,12,16-18H,4-8,11,13-15H2,1-3H3,(H2,24,25,26). The zero-order chi connectivity index (χ0) is 19.9. The number of rotatable bonds is 8. The maximum absolute atomic E-state index is 14.4. The number of nitrogens with one attached hydrogen (secondary N) is 2. The van der Waals surface area contributed by atoms with E-state index >= 15 is 0 Å². The van der Waals surface area contributed by atoms with E-state index in [2.05, 4.69) is 27.4 Å². The summed E-state index contributed by atoms with van der Waals surface area (Å²) in [6.45, 7) is 9.24. The maximum Gasteiger partial charge on any atom is 0.191 e. The molecule has 1 aliphatic heterocycles. The van der Waals surface area contributed by atoms with Gasteiger partial charge < -0.3 is 20.3 Å². The molecule has 1 aromatic rings. The second-order valence-electron chi connectivity index (χ2n) is 8.16. The first-order valence-corrected chi connectivity index (χ1v) is 10.7. The zero-order valence-corrected chi connectivity index (χ0v) is 17.5. The first-order chi connectivity index (χ1) is 13.6. The average molecular weight is 391 g/mol. The summed E-state index contributed by atoms with van der Waals surface area (Å²) in [5.41, 5.74) is 0.883. The van der Waals surface area contributed by atoms with Gasteiger partial charge in [0, 0.05) is 20.1 Å². The minimum Gasteiger partial charge on any atom is -0.490 e. The van der Waals surface area contributed by atoms with E-state index in [9.17, 15) is 4.39 Å². The minimum absolute atomic E-state index is 0.0447. The number of ether oxygens (including phenoxy) is 1. The van der Waals surface area contributed by atoms with Crippen LogP contribution in [-0.2, 0) is 0 Å². The maximum atomic E-state index is 14.4. The molecule has 0 aromatic heterocycles. The Labute approximate surface area is 168 Å². The van der Waals surface area contributed by atoms with E-state index in [1.54, 1.807) is 19.2 Å². The van der Waals surface area contributed by atoms with Crippen LogP contribution in [0.2, 0.25) is 0 Å². The lowest BCUT2D eigenvalue weighted by Gasteiger charge is -2.32. The van der Waals surface area contributed by atoms with E-state index in [-0.39, 0.29) is 11.9 Å². The Morgan fingerprint density at radius 1 is 1.32 bits per heavy atom. The van der Waals surface area contributed by atoms with Crippen LogP contribution >= 0.6 is 0 Å². The van der Waals surface area contributed by atoms with Gasteiger partial charge in [-0.1, -0.05) is 13.0 Å². The molecule has 1 saturated heterocycles. The summed E-state index contributed by atoms with van der Waals surface area (Å²) in [6, 6.07) is 5.18. The van der Waals surface area contributed by atoms with Gasteiger partial charge in [0.15, 0.2) is 17.5 Å². The van der Waals surface area contributed by atoms with Crippen molar-refractivity contribution >= 4 is 5.96 Å². The number of piperidine rings is 1. The topological polar surface area (TPSA) is 48.9 Å². The van der Waals surface area contributed by atoms with Gasteiger partial charge in [0.1, 0.15) is 0 Å². The molecular formula is C22H35FN4O. The number of aliphatic imine (C=N–C) groups is 1. The van der Waals surface area contributed by atoms with Gasteiger partial charge in [-0.2, -0.15) is 0 Å². The third-order valence-corrected chi connectivity index (χ3v) is 5.81. The molecule has 0 amide bonds. The van der Waals surface area contributed by atoms with E-state index in [0.29, 0.717) is 24.2 Å². The highest BCUT2D eigenvalue weighted by Crippen LogP contribution is 2.30. The Morgan fingerprint density at radius 3 is 2.82 bits per heavy atom. The highest BCUT2D eigenvalue weighted by molar-refractivity contribution is 5.80. The largest absolute Gasteiger partial charge is 0.490 e. The van der Waals surface area contributed by atoms with Crippen LogP contribution in [0.5, 0.6) is 5.75 Å². The van der Waals surface area contributed by atoms with Crippen LogP contribution in [0.3, 0.4) is 0 Å². The summed E-state index contributed by atoms with van der Waals surface area (Å²) in [7, 11) is 1.77. The fourth-order valence-corrected chi connectivity index (χ4v) is 3.72. The van der Waals surface area contributed by atoms with Gasteiger partial charge in [-0.05, 0) is 75.2 Å². The smallest absolute Gasteiger partial charge is 0.191 e. The quantitative estimate of drug-likeness (QED) is 0.526. The number of hydrogen-bond acceptors (Lipinski definition) is 3. The van der Waals surface area contributed by atoms with Crippen LogP contribution in [0.1, 0.15) is 51.1 Å². The van der Waals surface area contributed by atoms with Crippen molar-refractivity contribution in [1.29, 1.82) is 0 Å². The Hall–Kier alpha value is -1.82. The highest BCUT2D eigenvalue weighted by Gasteiger charge is 2.23. The summed E-state index contributed by atoms with van der Waals surface area (Å²) >= 11 is 0. The monoisotopic (exact) mass is 390 g/mol. The number of likely N-dealkylation sites (tertiary alicyclic amines) is 1. The van der Waals surface area contributed by atoms with Crippen LogP contribution < -0.4 is 15.4 Å². The third kappa shape index (κ3) is 6.09. The minimum atomic E-state index is -0.295. The lowest BCUT2D eigenvalue weighted by molar-refractivity contribution is 0.183. The van der Waals surface area contributed by atoms with E-state index in [4.69, 9.17) is 4.74 Å². The number of halogens is 1. The second kappa shape index (κ2) is 10.1. The Balaban J connectivity index is 1.48. The van der Waals surface area contributed by atoms with Crippen molar-refractivity contribution in [2.75, 3.05) is 39.8 Å². The molecule has 1 aliphatic carbocycles.